The average molecular weight is 262 g/mol. The summed E-state index contributed by atoms with van der Waals surface area (Å²) in [5, 5.41) is 6.29. The van der Waals surface area contributed by atoms with Crippen LogP contribution in [0.3, 0.4) is 0 Å². The van der Waals surface area contributed by atoms with Crippen LogP contribution in [0.15, 0.2) is 30.3 Å². The van der Waals surface area contributed by atoms with Crippen molar-refractivity contribution in [2.24, 2.45) is 0 Å². The molecule has 1 atom stereocenters. The monoisotopic (exact) mass is 262 g/mol. The average Bonchev–Trinajstić information content (AvgIpc) is 2.37. The molecule has 0 bridgehead atoms. The summed E-state index contributed by atoms with van der Waals surface area (Å²) in [6.07, 6.45) is 2.54. The van der Waals surface area contributed by atoms with Gasteiger partial charge in [-0.3, -0.25) is 4.79 Å². The summed E-state index contributed by atoms with van der Waals surface area (Å²) in [5.41, 5.74) is 1.32. The minimum absolute atomic E-state index is 0.133. The minimum atomic E-state index is 0.133. The Morgan fingerprint density at radius 1 is 1.16 bits per heavy atom. The molecule has 3 nitrogen and oxygen atoms in total. The van der Waals surface area contributed by atoms with Crippen LogP contribution in [-0.4, -0.2) is 24.5 Å². The summed E-state index contributed by atoms with van der Waals surface area (Å²) < 4.78 is 0. The molecule has 0 aromatic heterocycles. The molecular formula is C16H26N2O. The van der Waals surface area contributed by atoms with Crippen molar-refractivity contribution in [2.75, 3.05) is 6.54 Å². The molecule has 1 aromatic carbocycles. The number of hydrogen-bond acceptors (Lipinski definition) is 2. The lowest BCUT2D eigenvalue weighted by molar-refractivity contribution is -0.121. The van der Waals surface area contributed by atoms with E-state index in [-0.39, 0.29) is 11.9 Å². The van der Waals surface area contributed by atoms with Gasteiger partial charge in [0.2, 0.25) is 5.91 Å². The summed E-state index contributed by atoms with van der Waals surface area (Å²) in [4.78, 5) is 11.7. The third-order valence-electron chi connectivity index (χ3n) is 3.02. The molecule has 1 rings (SSSR count). The number of carbonyl (C=O) groups excluding carboxylic acids is 1. The van der Waals surface area contributed by atoms with Crippen molar-refractivity contribution in [3.8, 4) is 0 Å². The van der Waals surface area contributed by atoms with Gasteiger partial charge in [0.25, 0.3) is 0 Å². The number of aryl methyl sites for hydroxylation is 1. The van der Waals surface area contributed by atoms with E-state index in [1.54, 1.807) is 0 Å². The highest BCUT2D eigenvalue weighted by molar-refractivity contribution is 5.76. The summed E-state index contributed by atoms with van der Waals surface area (Å²) >= 11 is 0. The van der Waals surface area contributed by atoms with Crippen molar-refractivity contribution >= 4 is 5.91 Å². The van der Waals surface area contributed by atoms with Crippen molar-refractivity contribution in [2.45, 2.75) is 52.1 Å². The Balaban J connectivity index is 2.16. The van der Waals surface area contributed by atoms with Crippen molar-refractivity contribution in [1.82, 2.24) is 10.6 Å². The van der Waals surface area contributed by atoms with Gasteiger partial charge < -0.3 is 10.6 Å². The third kappa shape index (κ3) is 7.62. The molecule has 3 heteroatoms. The SMILES string of the molecule is CC(C)NCCC(=O)NC(C)CCc1ccccc1. The Morgan fingerprint density at radius 3 is 2.47 bits per heavy atom. The first-order valence-electron chi connectivity index (χ1n) is 7.14. The maximum absolute atomic E-state index is 11.7. The minimum Gasteiger partial charge on any atom is -0.354 e. The van der Waals surface area contributed by atoms with Crippen LogP contribution in [0.4, 0.5) is 0 Å². The lowest BCUT2D eigenvalue weighted by Gasteiger charge is -2.14. The van der Waals surface area contributed by atoms with Gasteiger partial charge in [0.15, 0.2) is 0 Å². The van der Waals surface area contributed by atoms with Gasteiger partial charge in [0.1, 0.15) is 0 Å². The van der Waals surface area contributed by atoms with Gasteiger partial charge in [-0.05, 0) is 25.3 Å². The molecule has 0 saturated carbocycles. The van der Waals surface area contributed by atoms with Crippen LogP contribution < -0.4 is 10.6 Å². The van der Waals surface area contributed by atoms with E-state index in [0.717, 1.165) is 19.4 Å². The van der Waals surface area contributed by atoms with Crippen LogP contribution in [0.1, 0.15) is 39.2 Å². The second kappa shape index (κ2) is 8.70. The number of nitrogens with one attached hydrogen (secondary N) is 2. The number of hydrogen-bond donors (Lipinski definition) is 2. The fourth-order valence-electron chi connectivity index (χ4n) is 1.92. The summed E-state index contributed by atoms with van der Waals surface area (Å²) in [6, 6.07) is 11.0. The van der Waals surface area contributed by atoms with E-state index in [9.17, 15) is 4.79 Å². The van der Waals surface area contributed by atoms with Gasteiger partial charge in [0, 0.05) is 25.0 Å². The Bertz CT molecular complexity index is 362. The maximum Gasteiger partial charge on any atom is 0.221 e. The van der Waals surface area contributed by atoms with E-state index >= 15 is 0 Å². The van der Waals surface area contributed by atoms with Crippen molar-refractivity contribution in [3.63, 3.8) is 0 Å². The van der Waals surface area contributed by atoms with Gasteiger partial charge >= 0.3 is 0 Å². The number of carbonyl (C=O) groups is 1. The first-order chi connectivity index (χ1) is 9.08. The van der Waals surface area contributed by atoms with E-state index in [1.165, 1.54) is 5.56 Å². The Kier molecular flexibility index (Phi) is 7.19. The van der Waals surface area contributed by atoms with Crippen LogP contribution in [0.2, 0.25) is 0 Å². The summed E-state index contributed by atoms with van der Waals surface area (Å²) in [5.74, 6) is 0.133. The van der Waals surface area contributed by atoms with Crippen molar-refractivity contribution < 1.29 is 4.79 Å². The predicted molar refractivity (Wildman–Crippen MR) is 80.1 cm³/mol. The summed E-state index contributed by atoms with van der Waals surface area (Å²) in [7, 11) is 0. The highest BCUT2D eigenvalue weighted by atomic mass is 16.1. The smallest absolute Gasteiger partial charge is 0.221 e. The Morgan fingerprint density at radius 2 is 1.84 bits per heavy atom. The van der Waals surface area contributed by atoms with E-state index in [4.69, 9.17) is 0 Å². The molecule has 19 heavy (non-hydrogen) atoms. The van der Waals surface area contributed by atoms with Crippen molar-refractivity contribution in [1.29, 1.82) is 0 Å². The van der Waals surface area contributed by atoms with Crippen LogP contribution in [-0.2, 0) is 11.2 Å². The second-order valence-electron chi connectivity index (χ2n) is 5.35. The van der Waals surface area contributed by atoms with E-state index < -0.39 is 0 Å². The second-order valence-corrected chi connectivity index (χ2v) is 5.35. The molecule has 0 aliphatic heterocycles. The molecule has 0 spiro atoms. The lowest BCUT2D eigenvalue weighted by atomic mass is 10.1. The molecule has 0 radical (unpaired) electrons. The third-order valence-corrected chi connectivity index (χ3v) is 3.02. The van der Waals surface area contributed by atoms with Crippen LogP contribution >= 0.6 is 0 Å². The summed E-state index contributed by atoms with van der Waals surface area (Å²) in [6.45, 7) is 6.98. The molecule has 1 amide bonds. The highest BCUT2D eigenvalue weighted by Crippen LogP contribution is 2.04. The normalized spacial score (nSPS) is 12.4. The molecule has 0 heterocycles. The quantitative estimate of drug-likeness (QED) is 0.756. The number of benzene rings is 1. The molecule has 1 aromatic rings. The fourth-order valence-corrected chi connectivity index (χ4v) is 1.92. The zero-order chi connectivity index (χ0) is 14.1. The first-order valence-corrected chi connectivity index (χ1v) is 7.14. The molecule has 106 valence electrons. The Labute approximate surface area is 116 Å². The molecular weight excluding hydrogens is 236 g/mol. The molecule has 0 aliphatic rings. The number of rotatable bonds is 8. The van der Waals surface area contributed by atoms with Gasteiger partial charge in [0.05, 0.1) is 0 Å². The molecule has 0 aliphatic carbocycles. The number of amides is 1. The molecule has 2 N–H and O–H groups in total. The predicted octanol–water partition coefficient (Wildman–Crippen LogP) is 2.51. The zero-order valence-electron chi connectivity index (χ0n) is 12.3. The first kappa shape index (κ1) is 15.7. The molecule has 0 saturated heterocycles. The van der Waals surface area contributed by atoms with Crippen LogP contribution in [0, 0.1) is 0 Å². The van der Waals surface area contributed by atoms with Gasteiger partial charge in [-0.1, -0.05) is 44.2 Å². The van der Waals surface area contributed by atoms with Crippen LogP contribution in [0.5, 0.6) is 0 Å². The molecule has 0 fully saturated rings. The van der Waals surface area contributed by atoms with E-state index in [0.29, 0.717) is 12.5 Å². The van der Waals surface area contributed by atoms with E-state index in [1.807, 2.05) is 6.07 Å². The fraction of sp³-hybridized carbons (Fsp3) is 0.562. The van der Waals surface area contributed by atoms with Gasteiger partial charge in [-0.2, -0.15) is 0 Å². The van der Waals surface area contributed by atoms with Gasteiger partial charge in [-0.25, -0.2) is 0 Å². The van der Waals surface area contributed by atoms with Gasteiger partial charge in [-0.15, -0.1) is 0 Å². The maximum atomic E-state index is 11.7. The van der Waals surface area contributed by atoms with Crippen molar-refractivity contribution in [3.05, 3.63) is 35.9 Å². The standard InChI is InChI=1S/C16H26N2O/c1-13(2)17-12-11-16(19)18-14(3)9-10-15-7-5-4-6-8-15/h4-8,13-14,17H,9-12H2,1-3H3,(H,18,19). The Hall–Kier alpha value is -1.35. The largest absolute Gasteiger partial charge is 0.354 e. The zero-order valence-corrected chi connectivity index (χ0v) is 12.3. The highest BCUT2D eigenvalue weighted by Gasteiger charge is 2.07. The van der Waals surface area contributed by atoms with E-state index in [2.05, 4.69) is 55.7 Å². The topological polar surface area (TPSA) is 41.1 Å². The van der Waals surface area contributed by atoms with Crippen LogP contribution in [0.25, 0.3) is 0 Å². The molecule has 1 unspecified atom stereocenters. The lowest BCUT2D eigenvalue weighted by Crippen LogP contribution is -2.35.